The van der Waals surface area contributed by atoms with Gasteiger partial charge in [-0.2, -0.15) is 0 Å². The molecule has 1 rings (SSSR count). The molecule has 0 saturated carbocycles. The van der Waals surface area contributed by atoms with E-state index in [4.69, 9.17) is 0 Å². The van der Waals surface area contributed by atoms with Gasteiger partial charge in [0.05, 0.1) is 13.0 Å². The average molecular weight is 242 g/mol. The van der Waals surface area contributed by atoms with Gasteiger partial charge in [-0.3, -0.25) is 9.59 Å². The minimum atomic E-state index is -0.356. The molecule has 0 spiro atoms. The molecular weight excluding hydrogens is 220 g/mol. The first-order chi connectivity index (χ1) is 8.10. The van der Waals surface area contributed by atoms with Crippen molar-refractivity contribution in [1.82, 2.24) is 10.2 Å². The van der Waals surface area contributed by atoms with Crippen molar-refractivity contribution >= 4 is 11.9 Å². The lowest BCUT2D eigenvalue weighted by Gasteiger charge is -2.25. The number of carbonyl (C=O) groups is 2. The number of carbonyl (C=O) groups excluding carboxylic acids is 2. The highest BCUT2D eigenvalue weighted by molar-refractivity contribution is 5.84. The fourth-order valence-corrected chi connectivity index (χ4v) is 2.13. The van der Waals surface area contributed by atoms with E-state index in [0.717, 1.165) is 13.0 Å². The SMILES string of the molecule is CCCN(CC(=O)OC)C(=O)C1CNCC1C. The summed E-state index contributed by atoms with van der Waals surface area (Å²) in [5, 5.41) is 3.20. The van der Waals surface area contributed by atoms with E-state index in [1.54, 1.807) is 4.90 Å². The van der Waals surface area contributed by atoms with Gasteiger partial charge in [0.15, 0.2) is 0 Å². The second kappa shape index (κ2) is 6.59. The standard InChI is InChI=1S/C12H22N2O3/c1-4-5-14(8-11(15)17-3)12(16)10-7-13-6-9(10)2/h9-10,13H,4-8H2,1-3H3. The van der Waals surface area contributed by atoms with Crippen molar-refractivity contribution in [3.8, 4) is 0 Å². The molecule has 1 amide bonds. The summed E-state index contributed by atoms with van der Waals surface area (Å²) in [6.45, 7) is 6.30. The molecule has 2 atom stereocenters. The Balaban J connectivity index is 2.62. The van der Waals surface area contributed by atoms with Crippen molar-refractivity contribution in [3.63, 3.8) is 0 Å². The van der Waals surface area contributed by atoms with E-state index in [-0.39, 0.29) is 24.3 Å². The third kappa shape index (κ3) is 3.70. The molecule has 5 heteroatoms. The Labute approximate surface area is 102 Å². The zero-order chi connectivity index (χ0) is 12.8. The molecule has 1 saturated heterocycles. The Hall–Kier alpha value is -1.10. The van der Waals surface area contributed by atoms with Crippen molar-refractivity contribution in [1.29, 1.82) is 0 Å². The zero-order valence-electron chi connectivity index (χ0n) is 10.9. The molecule has 0 radical (unpaired) electrons. The molecule has 0 aliphatic carbocycles. The molecule has 0 bridgehead atoms. The molecule has 1 aliphatic heterocycles. The summed E-state index contributed by atoms with van der Waals surface area (Å²) in [4.78, 5) is 25.2. The Morgan fingerprint density at radius 2 is 2.12 bits per heavy atom. The van der Waals surface area contributed by atoms with Gasteiger partial charge in [0.25, 0.3) is 0 Å². The van der Waals surface area contributed by atoms with Crippen molar-refractivity contribution in [2.24, 2.45) is 11.8 Å². The van der Waals surface area contributed by atoms with Gasteiger partial charge in [-0.15, -0.1) is 0 Å². The molecule has 1 fully saturated rings. The maximum Gasteiger partial charge on any atom is 0.325 e. The Morgan fingerprint density at radius 3 is 2.59 bits per heavy atom. The molecule has 0 aromatic heterocycles. The van der Waals surface area contributed by atoms with E-state index in [0.29, 0.717) is 19.0 Å². The smallest absolute Gasteiger partial charge is 0.325 e. The number of rotatable bonds is 5. The van der Waals surface area contributed by atoms with Crippen LogP contribution < -0.4 is 5.32 Å². The number of methoxy groups -OCH3 is 1. The minimum absolute atomic E-state index is 0.00814. The van der Waals surface area contributed by atoms with Gasteiger partial charge in [0, 0.05) is 13.1 Å². The predicted octanol–water partition coefficient (Wildman–Crippen LogP) is 0.254. The van der Waals surface area contributed by atoms with Gasteiger partial charge in [0.1, 0.15) is 6.54 Å². The van der Waals surface area contributed by atoms with E-state index in [1.165, 1.54) is 7.11 Å². The topological polar surface area (TPSA) is 58.6 Å². The summed E-state index contributed by atoms with van der Waals surface area (Å²) < 4.78 is 4.62. The first-order valence-electron chi connectivity index (χ1n) is 6.16. The van der Waals surface area contributed by atoms with Gasteiger partial charge in [-0.25, -0.2) is 0 Å². The van der Waals surface area contributed by atoms with Crippen LogP contribution in [0.2, 0.25) is 0 Å². The lowest BCUT2D eigenvalue weighted by Crippen LogP contribution is -2.42. The lowest BCUT2D eigenvalue weighted by molar-refractivity contribution is -0.148. The van der Waals surface area contributed by atoms with E-state index in [9.17, 15) is 9.59 Å². The molecule has 0 aromatic rings. The third-order valence-corrected chi connectivity index (χ3v) is 3.19. The molecule has 0 aromatic carbocycles. The first-order valence-corrected chi connectivity index (χ1v) is 6.16. The first kappa shape index (κ1) is 14.0. The van der Waals surface area contributed by atoms with Gasteiger partial charge >= 0.3 is 5.97 Å². The number of ether oxygens (including phenoxy) is 1. The number of hydrogen-bond donors (Lipinski definition) is 1. The molecule has 1 heterocycles. The number of nitrogens with zero attached hydrogens (tertiary/aromatic N) is 1. The average Bonchev–Trinajstić information content (AvgIpc) is 2.73. The van der Waals surface area contributed by atoms with Crippen molar-refractivity contribution in [2.45, 2.75) is 20.3 Å². The molecule has 5 nitrogen and oxygen atoms in total. The minimum Gasteiger partial charge on any atom is -0.468 e. The highest BCUT2D eigenvalue weighted by Gasteiger charge is 2.33. The van der Waals surface area contributed by atoms with E-state index < -0.39 is 0 Å². The summed E-state index contributed by atoms with van der Waals surface area (Å²) in [5.74, 6) is 0.0332. The molecule has 17 heavy (non-hydrogen) atoms. The van der Waals surface area contributed by atoms with Crippen LogP contribution in [-0.4, -0.2) is 50.1 Å². The number of hydrogen-bond acceptors (Lipinski definition) is 4. The van der Waals surface area contributed by atoms with Crippen LogP contribution in [0.5, 0.6) is 0 Å². The molecule has 2 unspecified atom stereocenters. The Kier molecular flexibility index (Phi) is 5.41. The third-order valence-electron chi connectivity index (χ3n) is 3.19. The van der Waals surface area contributed by atoms with Crippen molar-refractivity contribution in [3.05, 3.63) is 0 Å². The maximum atomic E-state index is 12.3. The van der Waals surface area contributed by atoms with E-state index in [2.05, 4.69) is 17.0 Å². The number of nitrogens with one attached hydrogen (secondary N) is 1. The maximum absolute atomic E-state index is 12.3. The molecule has 98 valence electrons. The summed E-state index contributed by atoms with van der Waals surface area (Å²) in [6, 6.07) is 0. The summed E-state index contributed by atoms with van der Waals surface area (Å²) >= 11 is 0. The summed E-state index contributed by atoms with van der Waals surface area (Å²) in [7, 11) is 1.34. The van der Waals surface area contributed by atoms with Crippen molar-refractivity contribution in [2.75, 3.05) is 33.3 Å². The highest BCUT2D eigenvalue weighted by Crippen LogP contribution is 2.18. The van der Waals surface area contributed by atoms with Crippen LogP contribution in [0.1, 0.15) is 20.3 Å². The fourth-order valence-electron chi connectivity index (χ4n) is 2.13. The fraction of sp³-hybridized carbons (Fsp3) is 0.833. The molecule has 1 aliphatic rings. The highest BCUT2D eigenvalue weighted by atomic mass is 16.5. The Morgan fingerprint density at radius 1 is 1.41 bits per heavy atom. The van der Waals surface area contributed by atoms with E-state index in [1.807, 2.05) is 6.92 Å². The zero-order valence-corrected chi connectivity index (χ0v) is 10.9. The van der Waals surface area contributed by atoms with Crippen molar-refractivity contribution < 1.29 is 14.3 Å². The van der Waals surface area contributed by atoms with Gasteiger partial charge in [-0.05, 0) is 18.9 Å². The molecular formula is C12H22N2O3. The van der Waals surface area contributed by atoms with Crippen LogP contribution in [0.3, 0.4) is 0 Å². The van der Waals surface area contributed by atoms with Gasteiger partial charge in [-0.1, -0.05) is 13.8 Å². The lowest BCUT2D eigenvalue weighted by atomic mass is 9.96. The van der Waals surface area contributed by atoms with Crippen LogP contribution >= 0.6 is 0 Å². The Bertz CT molecular complexity index is 281. The number of amides is 1. The molecule has 1 N–H and O–H groups in total. The second-order valence-corrected chi connectivity index (χ2v) is 4.58. The van der Waals surface area contributed by atoms with Gasteiger partial charge < -0.3 is 15.0 Å². The van der Waals surface area contributed by atoms with E-state index >= 15 is 0 Å². The number of esters is 1. The van der Waals surface area contributed by atoms with Crippen LogP contribution in [0, 0.1) is 11.8 Å². The quantitative estimate of drug-likeness (QED) is 0.702. The largest absolute Gasteiger partial charge is 0.468 e. The second-order valence-electron chi connectivity index (χ2n) is 4.58. The normalized spacial score (nSPS) is 23.5. The van der Waals surface area contributed by atoms with Crippen LogP contribution in [0.4, 0.5) is 0 Å². The van der Waals surface area contributed by atoms with Gasteiger partial charge in [0.2, 0.25) is 5.91 Å². The summed E-state index contributed by atoms with van der Waals surface area (Å²) in [6.07, 6.45) is 0.845. The van der Waals surface area contributed by atoms with Crippen LogP contribution in [0.15, 0.2) is 0 Å². The monoisotopic (exact) mass is 242 g/mol. The van der Waals surface area contributed by atoms with Crippen LogP contribution in [-0.2, 0) is 14.3 Å². The predicted molar refractivity (Wildman–Crippen MR) is 64.4 cm³/mol. The van der Waals surface area contributed by atoms with Crippen LogP contribution in [0.25, 0.3) is 0 Å². The summed E-state index contributed by atoms with van der Waals surface area (Å²) in [5.41, 5.74) is 0.